The van der Waals surface area contributed by atoms with Gasteiger partial charge < -0.3 is 0 Å². The first kappa shape index (κ1) is 13.9. The van der Waals surface area contributed by atoms with E-state index in [4.69, 9.17) is 16.9 Å². The minimum atomic E-state index is 0.0237. The predicted molar refractivity (Wildman–Crippen MR) is 85.6 cm³/mol. The first-order chi connectivity index (χ1) is 10.2. The number of thioether (sulfide) groups is 1. The summed E-state index contributed by atoms with van der Waals surface area (Å²) in [5.41, 5.74) is 2.94. The largest absolute Gasteiger partial charge is 0.289 e. The molecule has 0 atom stereocenters. The summed E-state index contributed by atoms with van der Waals surface area (Å²) in [6, 6.07) is 14.7. The maximum absolute atomic E-state index is 12.5. The van der Waals surface area contributed by atoms with Gasteiger partial charge in [-0.25, -0.2) is 0 Å². The molecule has 0 bridgehead atoms. The van der Waals surface area contributed by atoms with Crippen molar-refractivity contribution in [2.24, 2.45) is 0 Å². The summed E-state index contributed by atoms with van der Waals surface area (Å²) in [5, 5.41) is 9.36. The van der Waals surface area contributed by atoms with Crippen LogP contribution in [-0.2, 0) is 0 Å². The zero-order valence-corrected chi connectivity index (χ0v) is 12.5. The van der Waals surface area contributed by atoms with Gasteiger partial charge in [0, 0.05) is 26.8 Å². The van der Waals surface area contributed by atoms with Gasteiger partial charge in [-0.2, -0.15) is 5.26 Å². The fourth-order valence-electron chi connectivity index (χ4n) is 2.16. The first-order valence-corrected chi connectivity index (χ1v) is 7.71. The Hall–Kier alpha value is -2.02. The molecule has 2 aromatic rings. The molecular formula is C17H10ClNOS. The van der Waals surface area contributed by atoms with Gasteiger partial charge in [0.05, 0.1) is 11.6 Å². The molecule has 2 nitrogen and oxygen atoms in total. The van der Waals surface area contributed by atoms with Gasteiger partial charge >= 0.3 is 0 Å². The Morgan fingerprint density at radius 2 is 1.95 bits per heavy atom. The molecule has 0 amide bonds. The Bertz CT molecular complexity index is 787. The first-order valence-electron chi connectivity index (χ1n) is 6.35. The van der Waals surface area contributed by atoms with Gasteiger partial charge in [-0.3, -0.25) is 4.79 Å². The summed E-state index contributed by atoms with van der Waals surface area (Å²) in [6.45, 7) is 0. The maximum Gasteiger partial charge on any atom is 0.191 e. The van der Waals surface area contributed by atoms with Crippen LogP contribution in [0.2, 0.25) is 5.02 Å². The highest BCUT2D eigenvalue weighted by Crippen LogP contribution is 2.34. The SMILES string of the molecule is N#Cc1ccc(C=C2CSc3ccc(Cl)cc3C2=O)cc1. The average Bonchev–Trinajstić information content (AvgIpc) is 2.51. The summed E-state index contributed by atoms with van der Waals surface area (Å²) in [6.07, 6.45) is 1.88. The van der Waals surface area contributed by atoms with Crippen molar-refractivity contribution < 1.29 is 4.79 Å². The van der Waals surface area contributed by atoms with Crippen molar-refractivity contribution in [2.45, 2.75) is 4.90 Å². The van der Waals surface area contributed by atoms with E-state index in [1.54, 1.807) is 36.0 Å². The monoisotopic (exact) mass is 311 g/mol. The second-order valence-corrected chi connectivity index (χ2v) is 6.12. The normalized spacial score (nSPS) is 15.6. The molecule has 0 N–H and O–H groups in total. The molecule has 4 heteroatoms. The van der Waals surface area contributed by atoms with Crippen LogP contribution in [0.15, 0.2) is 52.9 Å². The average molecular weight is 312 g/mol. The second-order valence-electron chi connectivity index (χ2n) is 4.66. The zero-order chi connectivity index (χ0) is 14.8. The summed E-state index contributed by atoms with van der Waals surface area (Å²) < 4.78 is 0. The molecule has 1 aliphatic rings. The number of nitrogens with zero attached hydrogens (tertiary/aromatic N) is 1. The molecule has 0 fully saturated rings. The molecule has 0 unspecified atom stereocenters. The summed E-state index contributed by atoms with van der Waals surface area (Å²) in [4.78, 5) is 13.5. The van der Waals surface area contributed by atoms with E-state index >= 15 is 0 Å². The third-order valence-electron chi connectivity index (χ3n) is 3.24. The highest BCUT2D eigenvalue weighted by Gasteiger charge is 2.22. The predicted octanol–water partition coefficient (Wildman–Crippen LogP) is 4.58. The van der Waals surface area contributed by atoms with Crippen molar-refractivity contribution in [3.05, 3.63) is 69.8 Å². The van der Waals surface area contributed by atoms with Crippen molar-refractivity contribution in [2.75, 3.05) is 5.75 Å². The molecule has 1 heterocycles. The van der Waals surface area contributed by atoms with Crippen LogP contribution >= 0.6 is 23.4 Å². The van der Waals surface area contributed by atoms with E-state index in [1.165, 1.54) is 0 Å². The lowest BCUT2D eigenvalue weighted by Crippen LogP contribution is -2.12. The third kappa shape index (κ3) is 2.87. The lowest BCUT2D eigenvalue weighted by Gasteiger charge is -2.17. The van der Waals surface area contributed by atoms with Gasteiger partial charge in [-0.05, 0) is 42.0 Å². The number of Topliss-reactive ketones (excluding diaryl/α,β-unsaturated/α-hetero) is 1. The molecule has 2 aromatic carbocycles. The third-order valence-corrected chi connectivity index (χ3v) is 4.60. The van der Waals surface area contributed by atoms with Crippen LogP contribution in [-0.4, -0.2) is 11.5 Å². The molecule has 0 aliphatic carbocycles. The Morgan fingerprint density at radius 3 is 2.67 bits per heavy atom. The number of benzene rings is 2. The van der Waals surface area contributed by atoms with Gasteiger partial charge in [0.15, 0.2) is 5.78 Å². The molecule has 0 saturated heterocycles. The number of nitriles is 1. The second kappa shape index (κ2) is 5.77. The minimum absolute atomic E-state index is 0.0237. The Morgan fingerprint density at radius 1 is 1.19 bits per heavy atom. The quantitative estimate of drug-likeness (QED) is 0.724. The van der Waals surface area contributed by atoms with Crippen LogP contribution in [0.1, 0.15) is 21.5 Å². The van der Waals surface area contributed by atoms with E-state index in [0.29, 0.717) is 21.9 Å². The Labute approximate surface area is 132 Å². The molecule has 0 aromatic heterocycles. The van der Waals surface area contributed by atoms with E-state index in [-0.39, 0.29) is 5.78 Å². The van der Waals surface area contributed by atoms with Gasteiger partial charge in [-0.1, -0.05) is 23.7 Å². The molecule has 1 aliphatic heterocycles. The number of carbonyl (C=O) groups is 1. The number of carbonyl (C=O) groups excluding carboxylic acids is 1. The van der Waals surface area contributed by atoms with Gasteiger partial charge in [0.2, 0.25) is 0 Å². The highest BCUT2D eigenvalue weighted by molar-refractivity contribution is 7.99. The number of fused-ring (bicyclic) bond motifs is 1. The Balaban J connectivity index is 1.95. The van der Waals surface area contributed by atoms with E-state index in [1.807, 2.05) is 24.3 Å². The van der Waals surface area contributed by atoms with Crippen molar-refractivity contribution >= 4 is 35.2 Å². The van der Waals surface area contributed by atoms with Crippen LogP contribution in [0.25, 0.3) is 6.08 Å². The highest BCUT2D eigenvalue weighted by atomic mass is 35.5. The fourth-order valence-corrected chi connectivity index (χ4v) is 3.33. The Kier molecular flexibility index (Phi) is 3.83. The number of rotatable bonds is 1. The van der Waals surface area contributed by atoms with Crippen molar-refractivity contribution in [3.8, 4) is 6.07 Å². The van der Waals surface area contributed by atoms with E-state index in [9.17, 15) is 4.79 Å². The minimum Gasteiger partial charge on any atom is -0.289 e. The zero-order valence-electron chi connectivity index (χ0n) is 11.0. The number of hydrogen-bond donors (Lipinski definition) is 0. The summed E-state index contributed by atoms with van der Waals surface area (Å²) in [7, 11) is 0. The molecule has 21 heavy (non-hydrogen) atoms. The molecule has 0 spiro atoms. The van der Waals surface area contributed by atoms with E-state index in [2.05, 4.69) is 6.07 Å². The molecular weight excluding hydrogens is 302 g/mol. The number of hydrogen-bond acceptors (Lipinski definition) is 3. The standard InChI is InChI=1S/C17H10ClNOS/c18-14-5-6-16-15(8-14)17(20)13(10-21-16)7-11-1-3-12(9-19)4-2-11/h1-8H,10H2. The van der Waals surface area contributed by atoms with E-state index in [0.717, 1.165) is 16.0 Å². The fraction of sp³-hybridized carbons (Fsp3) is 0.0588. The number of halogens is 1. The van der Waals surface area contributed by atoms with Crippen LogP contribution in [0.4, 0.5) is 0 Å². The van der Waals surface area contributed by atoms with Crippen LogP contribution in [0, 0.1) is 11.3 Å². The molecule has 3 rings (SSSR count). The summed E-state index contributed by atoms with van der Waals surface area (Å²) >= 11 is 7.61. The van der Waals surface area contributed by atoms with Crippen molar-refractivity contribution in [3.63, 3.8) is 0 Å². The van der Waals surface area contributed by atoms with Crippen LogP contribution < -0.4 is 0 Å². The van der Waals surface area contributed by atoms with Gasteiger partial charge in [0.1, 0.15) is 0 Å². The summed E-state index contributed by atoms with van der Waals surface area (Å²) in [5.74, 6) is 0.670. The topological polar surface area (TPSA) is 40.9 Å². The maximum atomic E-state index is 12.5. The van der Waals surface area contributed by atoms with E-state index < -0.39 is 0 Å². The van der Waals surface area contributed by atoms with Crippen LogP contribution in [0.5, 0.6) is 0 Å². The van der Waals surface area contributed by atoms with Gasteiger partial charge in [0.25, 0.3) is 0 Å². The molecule has 0 saturated carbocycles. The van der Waals surface area contributed by atoms with Crippen LogP contribution in [0.3, 0.4) is 0 Å². The molecule has 102 valence electrons. The lowest BCUT2D eigenvalue weighted by molar-refractivity contribution is 0.103. The lowest BCUT2D eigenvalue weighted by atomic mass is 10.0. The van der Waals surface area contributed by atoms with Crippen molar-refractivity contribution in [1.82, 2.24) is 0 Å². The van der Waals surface area contributed by atoms with Crippen molar-refractivity contribution in [1.29, 1.82) is 5.26 Å². The smallest absolute Gasteiger partial charge is 0.191 e. The molecule has 0 radical (unpaired) electrons. The van der Waals surface area contributed by atoms with Gasteiger partial charge in [-0.15, -0.1) is 11.8 Å². The number of ketones is 1.